The number of benzene rings is 1. The summed E-state index contributed by atoms with van der Waals surface area (Å²) in [6.45, 7) is 2.62. The molecule has 0 radical (unpaired) electrons. The van der Waals surface area contributed by atoms with E-state index in [9.17, 15) is 13.2 Å². The predicted octanol–water partition coefficient (Wildman–Crippen LogP) is -0.562. The number of hydrogen-bond donors (Lipinski definition) is 2. The van der Waals surface area contributed by atoms with Crippen molar-refractivity contribution < 1.29 is 69.8 Å². The van der Waals surface area contributed by atoms with E-state index in [0.29, 0.717) is 12.3 Å². The minimum absolute atomic E-state index is 0. The van der Waals surface area contributed by atoms with Gasteiger partial charge in [0.2, 0.25) is 0 Å². The molecule has 0 aromatic heterocycles. The van der Waals surface area contributed by atoms with Crippen LogP contribution in [0.5, 0.6) is 0 Å². The largest absolute Gasteiger partial charge is 1.00 e. The number of anilines is 1. The van der Waals surface area contributed by atoms with Crippen LogP contribution in [-0.2, 0) is 35.7 Å². The quantitative estimate of drug-likeness (QED) is 0.274. The Morgan fingerprint density at radius 3 is 2.34 bits per heavy atom. The van der Waals surface area contributed by atoms with Crippen LogP contribution in [-0.4, -0.2) is 55.2 Å². The number of carbonyl (C=O) groups excluding carboxylic acids is 1. The van der Waals surface area contributed by atoms with Crippen LogP contribution in [0.25, 0.3) is 4.72 Å². The average molecular weight is 445 g/mol. The van der Waals surface area contributed by atoms with E-state index in [1.54, 1.807) is 6.92 Å². The van der Waals surface area contributed by atoms with Crippen molar-refractivity contribution in [1.82, 2.24) is 4.90 Å². The molecule has 10 heteroatoms. The fraction of sp³-hybridized carbons (Fsp3) is 0.579. The van der Waals surface area contributed by atoms with Gasteiger partial charge >= 0.3 is 51.4 Å². The number of nitrogens with one attached hydrogen (secondary N) is 1. The standard InChI is InChI=1S/C19H26N4O4S.K/c1-12(21-25)9-23-10-15(11-23)28(26,27)22-19(24)20-18-16-6-2-4-13(16)8-14-5-3-7-17(14)18;/h8,15H,2-7,9-11H2,1H3,(H3,20,22,24,25);/q;+1/p-1. The van der Waals surface area contributed by atoms with E-state index >= 15 is 0 Å². The second-order valence-electron chi connectivity index (χ2n) is 7.92. The number of sulfonamides is 1. The summed E-state index contributed by atoms with van der Waals surface area (Å²) in [4.78, 5) is 14.3. The number of hydrogen-bond acceptors (Lipinski definition) is 6. The molecular formula is C19H25KN4O4S. The SMILES string of the molecule is CC(CN1CC(S(=O)(=O)[N-]C(=O)Nc2c3c(cc4c2CCC4)CCC3)C1)=NO.[K+]. The molecule has 152 valence electrons. The number of oxime groups is 1. The topological polar surface area (TPSA) is 113 Å². The molecule has 3 aliphatic rings. The van der Waals surface area contributed by atoms with Gasteiger partial charge in [-0.15, -0.1) is 0 Å². The monoisotopic (exact) mass is 444 g/mol. The predicted molar refractivity (Wildman–Crippen MR) is 107 cm³/mol. The molecule has 1 aromatic rings. The van der Waals surface area contributed by atoms with E-state index < -0.39 is 21.3 Å². The van der Waals surface area contributed by atoms with Gasteiger partial charge in [0.15, 0.2) is 16.1 Å². The molecule has 0 saturated carbocycles. The fourth-order valence-electron chi connectivity index (χ4n) is 4.48. The number of aryl methyl sites for hydroxylation is 2. The van der Waals surface area contributed by atoms with Crippen molar-refractivity contribution >= 4 is 27.5 Å². The van der Waals surface area contributed by atoms with Gasteiger partial charge in [0.05, 0.1) is 11.0 Å². The molecule has 2 aliphatic carbocycles. The van der Waals surface area contributed by atoms with Crippen molar-refractivity contribution in [1.29, 1.82) is 0 Å². The molecule has 1 fully saturated rings. The third kappa shape index (κ3) is 4.89. The molecule has 0 bridgehead atoms. The zero-order chi connectivity index (χ0) is 19.9. The maximum Gasteiger partial charge on any atom is 1.00 e. The number of nitrogens with zero attached hydrogens (tertiary/aromatic N) is 3. The minimum Gasteiger partial charge on any atom is -0.423 e. The molecule has 1 aromatic carbocycles. The molecule has 1 aliphatic heterocycles. The van der Waals surface area contributed by atoms with Crippen molar-refractivity contribution in [3.05, 3.63) is 33.0 Å². The Balaban J connectivity index is 0.00000240. The van der Waals surface area contributed by atoms with Crippen LogP contribution in [0, 0.1) is 0 Å². The third-order valence-corrected chi connectivity index (χ3v) is 7.44. The summed E-state index contributed by atoms with van der Waals surface area (Å²) in [6, 6.07) is 1.45. The van der Waals surface area contributed by atoms with Gasteiger partial charge in [-0.3, -0.25) is 9.69 Å². The maximum atomic E-state index is 12.5. The Labute approximate surface area is 214 Å². The summed E-state index contributed by atoms with van der Waals surface area (Å²) in [5.74, 6) is 0. The first-order valence-electron chi connectivity index (χ1n) is 9.71. The molecule has 2 N–H and O–H groups in total. The normalized spacial score (nSPS) is 19.1. The Morgan fingerprint density at radius 1 is 1.21 bits per heavy atom. The van der Waals surface area contributed by atoms with Crippen molar-refractivity contribution in [3.63, 3.8) is 0 Å². The van der Waals surface area contributed by atoms with Crippen LogP contribution in [0.2, 0.25) is 0 Å². The minimum atomic E-state index is -3.88. The molecule has 0 spiro atoms. The van der Waals surface area contributed by atoms with Gasteiger partial charge in [0, 0.05) is 19.6 Å². The Kier molecular flexibility index (Phi) is 7.46. The van der Waals surface area contributed by atoms with Crippen LogP contribution in [0.1, 0.15) is 42.0 Å². The Bertz CT molecular complexity index is 910. The summed E-state index contributed by atoms with van der Waals surface area (Å²) < 4.78 is 28.4. The molecule has 1 saturated heterocycles. The van der Waals surface area contributed by atoms with Crippen molar-refractivity contribution in [2.75, 3.05) is 25.0 Å². The molecule has 2 amide bonds. The first kappa shape index (κ1) is 23.2. The maximum absolute atomic E-state index is 12.5. The van der Waals surface area contributed by atoms with Gasteiger partial charge in [-0.25, -0.2) is 8.42 Å². The van der Waals surface area contributed by atoms with Crippen LogP contribution in [0.4, 0.5) is 10.5 Å². The molecule has 0 atom stereocenters. The van der Waals surface area contributed by atoms with Crippen molar-refractivity contribution in [2.45, 2.75) is 50.7 Å². The van der Waals surface area contributed by atoms with Crippen LogP contribution in [0.15, 0.2) is 11.2 Å². The van der Waals surface area contributed by atoms with Crippen LogP contribution >= 0.6 is 0 Å². The van der Waals surface area contributed by atoms with Gasteiger partial charge in [-0.1, -0.05) is 11.2 Å². The van der Waals surface area contributed by atoms with E-state index in [2.05, 4.69) is 21.3 Å². The number of rotatable bonds is 5. The van der Waals surface area contributed by atoms with Gasteiger partial charge < -0.3 is 15.2 Å². The van der Waals surface area contributed by atoms with E-state index in [0.717, 1.165) is 55.3 Å². The van der Waals surface area contributed by atoms with Gasteiger partial charge in [-0.2, -0.15) is 0 Å². The van der Waals surface area contributed by atoms with Crippen LogP contribution in [0.3, 0.4) is 0 Å². The van der Waals surface area contributed by atoms with E-state index in [4.69, 9.17) is 5.21 Å². The molecule has 8 nitrogen and oxygen atoms in total. The summed E-state index contributed by atoms with van der Waals surface area (Å²) in [5.41, 5.74) is 6.16. The van der Waals surface area contributed by atoms with Crippen molar-refractivity contribution in [3.8, 4) is 0 Å². The zero-order valence-corrected chi connectivity index (χ0v) is 20.9. The van der Waals surface area contributed by atoms with E-state index in [1.165, 1.54) is 11.1 Å². The molecule has 29 heavy (non-hydrogen) atoms. The van der Waals surface area contributed by atoms with Crippen LogP contribution < -0.4 is 56.7 Å². The molecule has 0 unspecified atom stereocenters. The fourth-order valence-corrected chi connectivity index (χ4v) is 5.71. The first-order valence-corrected chi connectivity index (χ1v) is 11.2. The van der Waals surface area contributed by atoms with Gasteiger partial charge in [-0.05, 0) is 73.4 Å². The Hall–Kier alpha value is -0.494. The van der Waals surface area contributed by atoms with E-state index in [-0.39, 0.29) is 64.5 Å². The summed E-state index contributed by atoms with van der Waals surface area (Å²) in [6.07, 6.45) is 5.96. The number of likely N-dealkylation sites (tertiary alicyclic amines) is 1. The summed E-state index contributed by atoms with van der Waals surface area (Å²) in [7, 11) is -3.88. The second kappa shape index (κ2) is 9.33. The number of amides is 2. The number of urea groups is 1. The summed E-state index contributed by atoms with van der Waals surface area (Å²) in [5, 5.41) is 13.9. The number of fused-ring (bicyclic) bond motifs is 2. The zero-order valence-electron chi connectivity index (χ0n) is 16.9. The molecule has 1 heterocycles. The van der Waals surface area contributed by atoms with Gasteiger partial charge in [0.1, 0.15) is 0 Å². The van der Waals surface area contributed by atoms with E-state index in [1.807, 2.05) is 4.90 Å². The molecular weight excluding hydrogens is 419 g/mol. The Morgan fingerprint density at radius 2 is 1.79 bits per heavy atom. The number of carbonyl (C=O) groups is 1. The van der Waals surface area contributed by atoms with Crippen molar-refractivity contribution in [2.24, 2.45) is 5.16 Å². The van der Waals surface area contributed by atoms with Gasteiger partial charge in [0.25, 0.3) is 0 Å². The third-order valence-electron chi connectivity index (χ3n) is 5.88. The first-order chi connectivity index (χ1) is 13.4. The smallest absolute Gasteiger partial charge is 0.423 e. The summed E-state index contributed by atoms with van der Waals surface area (Å²) >= 11 is 0. The molecule has 4 rings (SSSR count). The average Bonchev–Trinajstić information content (AvgIpc) is 3.25. The second-order valence-corrected chi connectivity index (χ2v) is 9.80.